The van der Waals surface area contributed by atoms with Gasteiger partial charge in [-0.3, -0.25) is 9.59 Å². The number of hydrogen-bond donors (Lipinski definition) is 2. The summed E-state index contributed by atoms with van der Waals surface area (Å²) in [5, 5.41) is 19.7. The van der Waals surface area contributed by atoms with Crippen molar-refractivity contribution in [3.8, 4) is 0 Å². The van der Waals surface area contributed by atoms with Crippen molar-refractivity contribution in [2.45, 2.75) is 39.2 Å². The first-order valence-electron chi connectivity index (χ1n) is 6.94. The summed E-state index contributed by atoms with van der Waals surface area (Å²) in [6, 6.07) is 6.73. The Labute approximate surface area is 124 Å². The monoisotopic (exact) mass is 294 g/mol. The number of aliphatic hydroxyl groups is 1. The number of carbonyl (C=O) groups excluding carboxylic acids is 1. The maximum Gasteiger partial charge on any atom is 0.328 e. The van der Waals surface area contributed by atoms with E-state index in [0.29, 0.717) is 5.56 Å². The van der Waals surface area contributed by atoms with Gasteiger partial charge in [0, 0.05) is 5.92 Å². The second kappa shape index (κ2) is 6.72. The molecular weight excluding hydrogens is 272 g/mol. The van der Waals surface area contributed by atoms with E-state index in [9.17, 15) is 19.8 Å². The number of benzene rings is 1. The number of rotatable bonds is 6. The molecule has 0 saturated carbocycles. The summed E-state index contributed by atoms with van der Waals surface area (Å²) < 4.78 is 5.00. The van der Waals surface area contributed by atoms with Crippen LogP contribution in [0, 0.1) is 12.8 Å². The van der Waals surface area contributed by atoms with Gasteiger partial charge in [0.1, 0.15) is 0 Å². The molecule has 3 unspecified atom stereocenters. The zero-order valence-corrected chi connectivity index (χ0v) is 12.8. The van der Waals surface area contributed by atoms with Crippen molar-refractivity contribution in [1.82, 2.24) is 0 Å². The molecule has 1 aromatic rings. The smallest absolute Gasteiger partial charge is 0.328 e. The fourth-order valence-corrected chi connectivity index (χ4v) is 2.47. The lowest BCUT2D eigenvalue weighted by molar-refractivity contribution is -0.167. The van der Waals surface area contributed by atoms with E-state index in [1.54, 1.807) is 25.1 Å². The third kappa shape index (κ3) is 3.08. The van der Waals surface area contributed by atoms with Gasteiger partial charge in [0.25, 0.3) is 0 Å². The molecule has 2 N–H and O–H groups in total. The number of aryl methyl sites for hydroxylation is 1. The summed E-state index contributed by atoms with van der Waals surface area (Å²) in [7, 11) is 0. The second-order valence-electron chi connectivity index (χ2n) is 5.23. The van der Waals surface area contributed by atoms with Gasteiger partial charge < -0.3 is 14.9 Å². The first-order chi connectivity index (χ1) is 9.78. The van der Waals surface area contributed by atoms with E-state index < -0.39 is 29.4 Å². The maximum atomic E-state index is 12.5. The zero-order valence-electron chi connectivity index (χ0n) is 12.8. The molecule has 0 radical (unpaired) electrons. The lowest BCUT2D eigenvalue weighted by atomic mass is 9.68. The molecule has 21 heavy (non-hydrogen) atoms. The predicted octanol–water partition coefficient (Wildman–Crippen LogP) is 1.90. The van der Waals surface area contributed by atoms with Gasteiger partial charge >= 0.3 is 11.9 Å². The normalized spacial score (nSPS) is 16.6. The van der Waals surface area contributed by atoms with Crippen LogP contribution in [-0.2, 0) is 19.7 Å². The van der Waals surface area contributed by atoms with E-state index in [2.05, 4.69) is 0 Å². The number of carboxylic acids is 1. The van der Waals surface area contributed by atoms with Crippen LogP contribution in [0.1, 0.15) is 31.9 Å². The number of carboxylic acid groups (broad SMARTS) is 1. The first-order valence-corrected chi connectivity index (χ1v) is 6.94. The molecule has 0 aliphatic carbocycles. The topological polar surface area (TPSA) is 83.8 Å². The lowest BCUT2D eigenvalue weighted by Crippen LogP contribution is -2.53. The Morgan fingerprint density at radius 3 is 2.38 bits per heavy atom. The predicted molar refractivity (Wildman–Crippen MR) is 78.0 cm³/mol. The van der Waals surface area contributed by atoms with E-state index in [-0.39, 0.29) is 6.61 Å². The standard InChI is InChI=1S/C16H22O5/c1-5-21-15(20)16(14(18)19,11(3)12(4)17)13-8-6-7-10(2)9-13/h6-9,11-12,17H,5H2,1-4H3,(H,18,19). The minimum Gasteiger partial charge on any atom is -0.480 e. The Kier molecular flexibility index (Phi) is 5.49. The summed E-state index contributed by atoms with van der Waals surface area (Å²) in [4.78, 5) is 24.4. The summed E-state index contributed by atoms with van der Waals surface area (Å²) in [6.07, 6.45) is -0.981. The van der Waals surface area contributed by atoms with Gasteiger partial charge in [-0.1, -0.05) is 36.8 Å². The highest BCUT2D eigenvalue weighted by Crippen LogP contribution is 2.37. The Balaban J connectivity index is 3.59. The largest absolute Gasteiger partial charge is 0.480 e. The highest BCUT2D eigenvalue weighted by atomic mass is 16.5. The van der Waals surface area contributed by atoms with Gasteiger partial charge in [0.15, 0.2) is 5.41 Å². The van der Waals surface area contributed by atoms with Crippen LogP contribution in [0.15, 0.2) is 24.3 Å². The Morgan fingerprint density at radius 1 is 1.33 bits per heavy atom. The quantitative estimate of drug-likeness (QED) is 0.618. The number of ether oxygens (including phenoxy) is 1. The molecule has 5 nitrogen and oxygen atoms in total. The second-order valence-corrected chi connectivity index (χ2v) is 5.23. The fraction of sp³-hybridized carbons (Fsp3) is 0.500. The van der Waals surface area contributed by atoms with Crippen molar-refractivity contribution in [2.24, 2.45) is 5.92 Å². The van der Waals surface area contributed by atoms with Gasteiger partial charge in [0.2, 0.25) is 0 Å². The molecular formula is C16H22O5. The van der Waals surface area contributed by atoms with Crippen LogP contribution in [0.3, 0.4) is 0 Å². The molecule has 0 saturated heterocycles. The number of aliphatic hydroxyl groups excluding tert-OH is 1. The molecule has 0 fully saturated rings. The minimum atomic E-state index is -1.92. The van der Waals surface area contributed by atoms with E-state index in [4.69, 9.17) is 4.74 Å². The van der Waals surface area contributed by atoms with Gasteiger partial charge in [-0.25, -0.2) is 0 Å². The molecule has 3 atom stereocenters. The van der Waals surface area contributed by atoms with Crippen molar-refractivity contribution in [3.63, 3.8) is 0 Å². The van der Waals surface area contributed by atoms with Gasteiger partial charge in [-0.05, 0) is 26.3 Å². The highest BCUT2D eigenvalue weighted by molar-refractivity contribution is 6.06. The number of carbonyl (C=O) groups is 2. The van der Waals surface area contributed by atoms with Crippen LogP contribution >= 0.6 is 0 Å². The number of aliphatic carboxylic acids is 1. The summed E-state index contributed by atoms with van der Waals surface area (Å²) in [5.74, 6) is -3.01. The Hall–Kier alpha value is -1.88. The van der Waals surface area contributed by atoms with Gasteiger partial charge in [-0.15, -0.1) is 0 Å². The molecule has 0 bridgehead atoms. The molecule has 0 amide bonds. The summed E-state index contributed by atoms with van der Waals surface area (Å²) >= 11 is 0. The Bertz CT molecular complexity index is 523. The molecule has 116 valence electrons. The van der Waals surface area contributed by atoms with E-state index in [0.717, 1.165) is 5.56 Å². The van der Waals surface area contributed by atoms with E-state index in [1.807, 2.05) is 13.0 Å². The van der Waals surface area contributed by atoms with Crippen molar-refractivity contribution < 1.29 is 24.5 Å². The van der Waals surface area contributed by atoms with E-state index >= 15 is 0 Å². The molecule has 0 spiro atoms. The SMILES string of the molecule is CCOC(=O)C(C(=O)O)(c1cccc(C)c1)C(C)C(C)O. The third-order valence-electron chi connectivity index (χ3n) is 3.81. The minimum absolute atomic E-state index is 0.0756. The summed E-state index contributed by atoms with van der Waals surface area (Å²) in [6.45, 7) is 6.52. The van der Waals surface area contributed by atoms with Crippen LogP contribution in [0.4, 0.5) is 0 Å². The van der Waals surface area contributed by atoms with Gasteiger partial charge in [0.05, 0.1) is 12.7 Å². The molecule has 0 aromatic heterocycles. The van der Waals surface area contributed by atoms with Crippen molar-refractivity contribution in [2.75, 3.05) is 6.61 Å². The van der Waals surface area contributed by atoms with Crippen LogP contribution in [0.2, 0.25) is 0 Å². The highest BCUT2D eigenvalue weighted by Gasteiger charge is 2.55. The first kappa shape index (κ1) is 17.2. The average molecular weight is 294 g/mol. The molecule has 0 aliphatic rings. The van der Waals surface area contributed by atoms with Crippen molar-refractivity contribution >= 4 is 11.9 Å². The van der Waals surface area contributed by atoms with Crippen LogP contribution < -0.4 is 0 Å². The average Bonchev–Trinajstić information content (AvgIpc) is 2.39. The van der Waals surface area contributed by atoms with Gasteiger partial charge in [-0.2, -0.15) is 0 Å². The van der Waals surface area contributed by atoms with E-state index in [1.165, 1.54) is 13.8 Å². The molecule has 0 heterocycles. The molecule has 1 rings (SSSR count). The Morgan fingerprint density at radius 2 is 1.95 bits per heavy atom. The van der Waals surface area contributed by atoms with Crippen molar-refractivity contribution in [3.05, 3.63) is 35.4 Å². The zero-order chi connectivity index (χ0) is 16.2. The van der Waals surface area contributed by atoms with Crippen LogP contribution in [-0.4, -0.2) is 34.9 Å². The third-order valence-corrected chi connectivity index (χ3v) is 3.81. The molecule has 1 aromatic carbocycles. The summed E-state index contributed by atoms with van der Waals surface area (Å²) in [5.41, 5.74) is -0.766. The number of esters is 1. The fourth-order valence-electron chi connectivity index (χ4n) is 2.47. The number of hydrogen-bond acceptors (Lipinski definition) is 4. The van der Waals surface area contributed by atoms with Crippen molar-refractivity contribution in [1.29, 1.82) is 0 Å². The molecule has 5 heteroatoms. The van der Waals surface area contributed by atoms with Crippen LogP contribution in [0.25, 0.3) is 0 Å². The maximum absolute atomic E-state index is 12.5. The van der Waals surface area contributed by atoms with Crippen LogP contribution in [0.5, 0.6) is 0 Å². The molecule has 0 aliphatic heterocycles. The lowest BCUT2D eigenvalue weighted by Gasteiger charge is -2.35.